The third-order valence-corrected chi connectivity index (χ3v) is 3.67. The second-order valence-corrected chi connectivity index (χ2v) is 6.02. The van der Waals surface area contributed by atoms with Gasteiger partial charge >= 0.3 is 0 Å². The summed E-state index contributed by atoms with van der Waals surface area (Å²) in [6.07, 6.45) is 0. The van der Waals surface area contributed by atoms with Crippen molar-refractivity contribution < 1.29 is 14.3 Å². The molecule has 2 aromatic carbocycles. The third kappa shape index (κ3) is 5.03. The van der Waals surface area contributed by atoms with E-state index in [0.29, 0.717) is 29.2 Å². The van der Waals surface area contributed by atoms with E-state index in [-0.39, 0.29) is 16.9 Å². The van der Waals surface area contributed by atoms with E-state index < -0.39 is 0 Å². The van der Waals surface area contributed by atoms with Crippen molar-refractivity contribution in [3.05, 3.63) is 59.7 Å². The highest BCUT2D eigenvalue weighted by molar-refractivity contribution is 7.80. The van der Waals surface area contributed by atoms with Crippen LogP contribution in [0.5, 0.6) is 5.75 Å². The summed E-state index contributed by atoms with van der Waals surface area (Å²) in [6, 6.07) is 13.7. The highest BCUT2D eigenvalue weighted by Gasteiger charge is 2.14. The van der Waals surface area contributed by atoms with Gasteiger partial charge in [0.15, 0.2) is 5.11 Å². The summed E-state index contributed by atoms with van der Waals surface area (Å²) < 4.78 is 5.35. The standard InChI is InChI=1S/C19H21N3O3S/c1-4-25-14-11-9-13(10-12-14)17(23)21-19(26)20-16-8-6-5-7-15(16)18(24)22(2)3/h5-12H,4H2,1-3H3,(H2,20,21,23,26). The summed E-state index contributed by atoms with van der Waals surface area (Å²) in [7, 11) is 3.34. The second-order valence-electron chi connectivity index (χ2n) is 5.61. The maximum atomic E-state index is 12.3. The number of hydrogen-bond donors (Lipinski definition) is 2. The van der Waals surface area contributed by atoms with E-state index in [9.17, 15) is 9.59 Å². The normalized spacial score (nSPS) is 9.96. The van der Waals surface area contributed by atoms with Gasteiger partial charge in [0.05, 0.1) is 17.9 Å². The molecular formula is C19H21N3O3S. The van der Waals surface area contributed by atoms with Crippen molar-refractivity contribution in [3.8, 4) is 5.75 Å². The molecule has 0 aliphatic carbocycles. The molecule has 26 heavy (non-hydrogen) atoms. The van der Waals surface area contributed by atoms with Crippen LogP contribution in [-0.4, -0.2) is 42.5 Å². The van der Waals surface area contributed by atoms with Gasteiger partial charge in [-0.3, -0.25) is 14.9 Å². The average molecular weight is 371 g/mol. The Morgan fingerprint density at radius 2 is 1.73 bits per heavy atom. The lowest BCUT2D eigenvalue weighted by Crippen LogP contribution is -2.35. The molecule has 0 heterocycles. The second kappa shape index (κ2) is 8.96. The zero-order chi connectivity index (χ0) is 19.1. The highest BCUT2D eigenvalue weighted by Crippen LogP contribution is 2.17. The van der Waals surface area contributed by atoms with Gasteiger partial charge in [0, 0.05) is 19.7 Å². The van der Waals surface area contributed by atoms with E-state index in [1.165, 1.54) is 4.90 Å². The maximum absolute atomic E-state index is 12.3. The molecule has 0 spiro atoms. The number of benzene rings is 2. The van der Waals surface area contributed by atoms with E-state index in [4.69, 9.17) is 17.0 Å². The molecule has 2 aromatic rings. The van der Waals surface area contributed by atoms with Crippen LogP contribution >= 0.6 is 12.2 Å². The molecule has 0 radical (unpaired) electrons. The predicted octanol–water partition coefficient (Wildman–Crippen LogP) is 2.91. The number of anilines is 1. The summed E-state index contributed by atoms with van der Waals surface area (Å²) in [5.74, 6) is 0.191. The zero-order valence-corrected chi connectivity index (χ0v) is 15.7. The van der Waals surface area contributed by atoms with E-state index in [2.05, 4.69) is 10.6 Å². The van der Waals surface area contributed by atoms with E-state index >= 15 is 0 Å². The zero-order valence-electron chi connectivity index (χ0n) is 14.9. The first-order chi connectivity index (χ1) is 12.4. The monoisotopic (exact) mass is 371 g/mol. The molecule has 0 bridgehead atoms. The molecule has 0 saturated heterocycles. The van der Waals surface area contributed by atoms with Crippen LogP contribution in [0.1, 0.15) is 27.6 Å². The molecule has 0 atom stereocenters. The van der Waals surface area contributed by atoms with E-state index in [0.717, 1.165) is 0 Å². The molecule has 2 amide bonds. The number of hydrogen-bond acceptors (Lipinski definition) is 4. The summed E-state index contributed by atoms with van der Waals surface area (Å²) >= 11 is 5.20. The largest absolute Gasteiger partial charge is 0.494 e. The minimum atomic E-state index is -0.345. The number of carbonyl (C=O) groups is 2. The van der Waals surface area contributed by atoms with Crippen LogP contribution in [0.4, 0.5) is 5.69 Å². The Morgan fingerprint density at radius 1 is 1.08 bits per heavy atom. The average Bonchev–Trinajstić information content (AvgIpc) is 2.62. The van der Waals surface area contributed by atoms with Crippen molar-refractivity contribution >= 4 is 34.8 Å². The van der Waals surface area contributed by atoms with E-state index in [1.54, 1.807) is 62.6 Å². The lowest BCUT2D eigenvalue weighted by molar-refractivity contribution is 0.0828. The van der Waals surface area contributed by atoms with E-state index in [1.807, 2.05) is 6.92 Å². The summed E-state index contributed by atoms with van der Waals surface area (Å²) in [5, 5.41) is 5.63. The van der Waals surface area contributed by atoms with Crippen LogP contribution in [0.25, 0.3) is 0 Å². The molecule has 0 aliphatic heterocycles. The smallest absolute Gasteiger partial charge is 0.257 e. The minimum absolute atomic E-state index is 0.114. The number of rotatable bonds is 5. The molecule has 136 valence electrons. The molecule has 2 rings (SSSR count). The number of nitrogens with zero attached hydrogens (tertiary/aromatic N) is 1. The van der Waals surface area contributed by atoms with Crippen molar-refractivity contribution in [1.82, 2.24) is 10.2 Å². The summed E-state index contributed by atoms with van der Waals surface area (Å²) in [5.41, 5.74) is 1.45. The SMILES string of the molecule is CCOc1ccc(C(=O)NC(=S)Nc2ccccc2C(=O)N(C)C)cc1. The Labute approximate surface area is 158 Å². The van der Waals surface area contributed by atoms with Crippen molar-refractivity contribution in [1.29, 1.82) is 0 Å². The molecule has 0 unspecified atom stereocenters. The molecule has 0 fully saturated rings. The number of amides is 2. The quantitative estimate of drug-likeness (QED) is 0.791. The lowest BCUT2D eigenvalue weighted by atomic mass is 10.1. The van der Waals surface area contributed by atoms with Gasteiger partial charge in [-0.15, -0.1) is 0 Å². The molecule has 0 aromatic heterocycles. The minimum Gasteiger partial charge on any atom is -0.494 e. The topological polar surface area (TPSA) is 70.7 Å². The van der Waals surface area contributed by atoms with Crippen LogP contribution in [0.15, 0.2) is 48.5 Å². The van der Waals surface area contributed by atoms with Crippen molar-refractivity contribution in [3.63, 3.8) is 0 Å². The fourth-order valence-electron chi connectivity index (χ4n) is 2.22. The molecule has 6 nitrogen and oxygen atoms in total. The first kappa shape index (κ1) is 19.4. The van der Waals surface area contributed by atoms with Gasteiger partial charge < -0.3 is 15.0 Å². The molecule has 0 aliphatic rings. The van der Waals surface area contributed by atoms with Gasteiger partial charge in [0.1, 0.15) is 5.75 Å². The van der Waals surface area contributed by atoms with Crippen molar-refractivity contribution in [2.45, 2.75) is 6.92 Å². The number of nitrogens with one attached hydrogen (secondary N) is 2. The first-order valence-corrected chi connectivity index (χ1v) is 8.49. The fourth-order valence-corrected chi connectivity index (χ4v) is 2.42. The van der Waals surface area contributed by atoms with Crippen LogP contribution < -0.4 is 15.4 Å². The predicted molar refractivity (Wildman–Crippen MR) is 106 cm³/mol. The van der Waals surface area contributed by atoms with Gasteiger partial charge in [-0.25, -0.2) is 0 Å². The molecular weight excluding hydrogens is 350 g/mol. The maximum Gasteiger partial charge on any atom is 0.257 e. The van der Waals surface area contributed by atoms with Crippen LogP contribution in [-0.2, 0) is 0 Å². The van der Waals surface area contributed by atoms with Crippen molar-refractivity contribution in [2.24, 2.45) is 0 Å². The number of ether oxygens (including phenoxy) is 1. The Kier molecular flexibility index (Phi) is 6.68. The van der Waals surface area contributed by atoms with Crippen LogP contribution in [0, 0.1) is 0 Å². The van der Waals surface area contributed by atoms with Crippen LogP contribution in [0.3, 0.4) is 0 Å². The van der Waals surface area contributed by atoms with Gasteiger partial charge in [0.2, 0.25) is 0 Å². The number of thiocarbonyl (C=S) groups is 1. The number of para-hydroxylation sites is 1. The van der Waals surface area contributed by atoms with Crippen molar-refractivity contribution in [2.75, 3.05) is 26.0 Å². The Balaban J connectivity index is 2.05. The van der Waals surface area contributed by atoms with Gasteiger partial charge in [-0.2, -0.15) is 0 Å². The fraction of sp³-hybridized carbons (Fsp3) is 0.211. The van der Waals surface area contributed by atoms with Gasteiger partial charge in [-0.1, -0.05) is 12.1 Å². The molecule has 7 heteroatoms. The Hall–Kier alpha value is -2.93. The summed E-state index contributed by atoms with van der Waals surface area (Å²) in [6.45, 7) is 2.45. The molecule has 2 N–H and O–H groups in total. The Bertz CT molecular complexity index is 804. The van der Waals surface area contributed by atoms with Gasteiger partial charge in [0.25, 0.3) is 11.8 Å². The van der Waals surface area contributed by atoms with Gasteiger partial charge in [-0.05, 0) is 55.5 Å². The summed E-state index contributed by atoms with van der Waals surface area (Å²) in [4.78, 5) is 26.0. The Morgan fingerprint density at radius 3 is 2.35 bits per heavy atom. The first-order valence-electron chi connectivity index (χ1n) is 8.08. The molecule has 0 saturated carbocycles. The highest BCUT2D eigenvalue weighted by atomic mass is 32.1. The van der Waals surface area contributed by atoms with Crippen LogP contribution in [0.2, 0.25) is 0 Å². The number of carbonyl (C=O) groups excluding carboxylic acids is 2. The third-order valence-electron chi connectivity index (χ3n) is 3.47. The lowest BCUT2D eigenvalue weighted by Gasteiger charge is -2.16.